The normalized spacial score (nSPS) is 11.3. The van der Waals surface area contributed by atoms with E-state index in [1.54, 1.807) is 6.07 Å². The number of para-hydroxylation sites is 1. The Hall–Kier alpha value is -2.37. The van der Waals surface area contributed by atoms with Gasteiger partial charge in [0, 0.05) is 22.9 Å². The van der Waals surface area contributed by atoms with E-state index in [1.165, 1.54) is 36.4 Å². The van der Waals surface area contributed by atoms with Crippen molar-refractivity contribution in [2.45, 2.75) is 6.36 Å². The first-order valence-corrected chi connectivity index (χ1v) is 5.30. The van der Waals surface area contributed by atoms with Gasteiger partial charge >= 0.3 is 6.36 Å². The van der Waals surface area contributed by atoms with Crippen LogP contribution in [0.25, 0.3) is 11.1 Å². The van der Waals surface area contributed by atoms with E-state index in [4.69, 9.17) is 5.73 Å². The van der Waals surface area contributed by atoms with Gasteiger partial charge in [-0.25, -0.2) is 0 Å². The van der Waals surface area contributed by atoms with Crippen molar-refractivity contribution in [2.24, 2.45) is 0 Å². The van der Waals surface area contributed by atoms with Crippen LogP contribution in [0.3, 0.4) is 0 Å². The second-order valence-electron chi connectivity index (χ2n) is 3.82. The van der Waals surface area contributed by atoms with Crippen LogP contribution in [0.1, 0.15) is 0 Å². The monoisotopic (exact) mass is 269 g/mol. The number of hydrogen-bond acceptors (Lipinski definition) is 3. The summed E-state index contributed by atoms with van der Waals surface area (Å²) in [5, 5.41) is 9.25. The highest BCUT2D eigenvalue weighted by Gasteiger charge is 2.32. The summed E-state index contributed by atoms with van der Waals surface area (Å²) in [7, 11) is 0. The van der Waals surface area contributed by atoms with Crippen LogP contribution in [-0.4, -0.2) is 11.5 Å². The summed E-state index contributed by atoms with van der Waals surface area (Å²) >= 11 is 0. The Balaban J connectivity index is 2.50. The molecule has 0 aliphatic heterocycles. The zero-order valence-corrected chi connectivity index (χ0v) is 9.61. The molecule has 19 heavy (non-hydrogen) atoms. The lowest BCUT2D eigenvalue weighted by Gasteiger charge is -2.14. The van der Waals surface area contributed by atoms with Crippen LogP contribution in [0.4, 0.5) is 18.9 Å². The molecule has 0 radical (unpaired) electrons. The lowest BCUT2D eigenvalue weighted by Crippen LogP contribution is -2.17. The van der Waals surface area contributed by atoms with Crippen LogP contribution in [0.15, 0.2) is 42.5 Å². The first-order valence-electron chi connectivity index (χ1n) is 5.30. The molecule has 0 aliphatic carbocycles. The average Bonchev–Trinajstić information content (AvgIpc) is 2.28. The fraction of sp³-hybridized carbons (Fsp3) is 0.0769. The van der Waals surface area contributed by atoms with Crippen LogP contribution >= 0.6 is 0 Å². The molecule has 100 valence electrons. The molecule has 0 amide bonds. The van der Waals surface area contributed by atoms with Crippen molar-refractivity contribution >= 4 is 5.69 Å². The smallest absolute Gasteiger partial charge is 0.508 e. The van der Waals surface area contributed by atoms with Gasteiger partial charge in [0.1, 0.15) is 11.5 Å². The van der Waals surface area contributed by atoms with Crippen LogP contribution < -0.4 is 10.5 Å². The number of nitrogen functional groups attached to an aromatic ring is 1. The third-order valence-electron chi connectivity index (χ3n) is 2.44. The Bertz CT molecular complexity index is 597. The molecule has 0 spiro atoms. The fourth-order valence-electron chi connectivity index (χ4n) is 1.70. The van der Waals surface area contributed by atoms with E-state index in [1.807, 2.05) is 0 Å². The third-order valence-corrected chi connectivity index (χ3v) is 2.44. The predicted molar refractivity (Wildman–Crippen MR) is 64.6 cm³/mol. The second kappa shape index (κ2) is 4.72. The summed E-state index contributed by atoms with van der Waals surface area (Å²) in [4.78, 5) is 0. The summed E-state index contributed by atoms with van der Waals surface area (Å²) in [6.45, 7) is 0. The molecular formula is C13H10F3NO2. The van der Waals surface area contributed by atoms with Gasteiger partial charge in [0.05, 0.1) is 0 Å². The first-order chi connectivity index (χ1) is 8.87. The lowest BCUT2D eigenvalue weighted by molar-refractivity contribution is -0.274. The van der Waals surface area contributed by atoms with E-state index in [0.29, 0.717) is 5.56 Å². The highest BCUT2D eigenvalue weighted by atomic mass is 19.4. The van der Waals surface area contributed by atoms with Gasteiger partial charge in [-0.05, 0) is 18.2 Å². The number of alkyl halides is 3. The van der Waals surface area contributed by atoms with Crippen LogP contribution in [0.2, 0.25) is 0 Å². The summed E-state index contributed by atoms with van der Waals surface area (Å²) in [5.41, 5.74) is 6.42. The molecule has 2 aromatic carbocycles. The summed E-state index contributed by atoms with van der Waals surface area (Å²) in [5.74, 6) is -0.400. The predicted octanol–water partition coefficient (Wildman–Crippen LogP) is 3.54. The van der Waals surface area contributed by atoms with Crippen molar-refractivity contribution in [2.75, 3.05) is 5.73 Å². The van der Waals surface area contributed by atoms with Crippen LogP contribution in [0.5, 0.6) is 11.5 Å². The number of anilines is 1. The Morgan fingerprint density at radius 3 is 2.32 bits per heavy atom. The zero-order valence-electron chi connectivity index (χ0n) is 9.61. The summed E-state index contributed by atoms with van der Waals surface area (Å²) < 4.78 is 40.9. The molecule has 0 aromatic heterocycles. The number of phenols is 1. The minimum atomic E-state index is -4.78. The van der Waals surface area contributed by atoms with Crippen molar-refractivity contribution in [3.8, 4) is 22.6 Å². The molecule has 2 aromatic rings. The first kappa shape index (κ1) is 13.1. The van der Waals surface area contributed by atoms with Gasteiger partial charge in [-0.15, -0.1) is 13.2 Å². The Labute approximate surface area is 107 Å². The van der Waals surface area contributed by atoms with Gasteiger partial charge in [0.2, 0.25) is 0 Å². The molecule has 3 nitrogen and oxygen atoms in total. The van der Waals surface area contributed by atoms with Crippen molar-refractivity contribution in [1.82, 2.24) is 0 Å². The van der Waals surface area contributed by atoms with Crippen LogP contribution in [0, 0.1) is 0 Å². The molecule has 0 aliphatic rings. The van der Waals surface area contributed by atoms with Gasteiger partial charge in [-0.1, -0.05) is 18.2 Å². The number of benzene rings is 2. The lowest BCUT2D eigenvalue weighted by atomic mass is 10.0. The van der Waals surface area contributed by atoms with E-state index in [2.05, 4.69) is 4.74 Å². The molecular weight excluding hydrogens is 259 g/mol. The van der Waals surface area contributed by atoms with Gasteiger partial charge in [-0.2, -0.15) is 0 Å². The number of nitrogens with two attached hydrogens (primary N) is 1. The molecule has 0 fully saturated rings. The van der Waals surface area contributed by atoms with Crippen LogP contribution in [-0.2, 0) is 0 Å². The Morgan fingerprint density at radius 1 is 1.00 bits per heavy atom. The topological polar surface area (TPSA) is 55.5 Å². The highest BCUT2D eigenvalue weighted by Crippen LogP contribution is 2.37. The van der Waals surface area contributed by atoms with Crippen molar-refractivity contribution in [3.05, 3.63) is 42.5 Å². The van der Waals surface area contributed by atoms with Crippen molar-refractivity contribution in [1.29, 1.82) is 0 Å². The number of rotatable bonds is 2. The van der Waals surface area contributed by atoms with Crippen molar-refractivity contribution < 1.29 is 23.0 Å². The maximum Gasteiger partial charge on any atom is 0.573 e. The van der Waals surface area contributed by atoms with E-state index in [0.717, 1.165) is 0 Å². The number of hydrogen-bond donors (Lipinski definition) is 2. The minimum absolute atomic E-state index is 0.0597. The fourth-order valence-corrected chi connectivity index (χ4v) is 1.70. The highest BCUT2D eigenvalue weighted by molar-refractivity contribution is 5.81. The van der Waals surface area contributed by atoms with E-state index in [9.17, 15) is 18.3 Å². The molecule has 0 bridgehead atoms. The Morgan fingerprint density at radius 2 is 1.68 bits per heavy atom. The van der Waals surface area contributed by atoms with E-state index >= 15 is 0 Å². The quantitative estimate of drug-likeness (QED) is 0.820. The number of aromatic hydroxyl groups is 1. The molecule has 2 rings (SSSR count). The average molecular weight is 269 g/mol. The second-order valence-corrected chi connectivity index (χ2v) is 3.82. The van der Waals surface area contributed by atoms with Gasteiger partial charge < -0.3 is 15.6 Å². The number of ether oxygens (including phenoxy) is 1. The van der Waals surface area contributed by atoms with Gasteiger partial charge in [0.15, 0.2) is 0 Å². The van der Waals surface area contributed by atoms with E-state index < -0.39 is 6.36 Å². The maximum absolute atomic E-state index is 12.3. The molecule has 0 heterocycles. The SMILES string of the molecule is Nc1cc(O)ccc1-c1ccccc1OC(F)(F)F. The molecule has 6 heteroatoms. The zero-order chi connectivity index (χ0) is 14.0. The Kier molecular flexibility index (Phi) is 3.25. The summed E-state index contributed by atoms with van der Waals surface area (Å²) in [6, 6.07) is 9.71. The largest absolute Gasteiger partial charge is 0.573 e. The minimum Gasteiger partial charge on any atom is -0.508 e. The summed E-state index contributed by atoms with van der Waals surface area (Å²) in [6.07, 6.45) is -4.78. The number of halogens is 3. The molecule has 0 unspecified atom stereocenters. The molecule has 0 saturated heterocycles. The van der Waals surface area contributed by atoms with E-state index in [-0.39, 0.29) is 22.7 Å². The molecule has 3 N–H and O–H groups in total. The standard InChI is InChI=1S/C13H10F3NO2/c14-13(15,16)19-12-4-2-1-3-10(12)9-6-5-8(18)7-11(9)17/h1-7,18H,17H2. The maximum atomic E-state index is 12.3. The van der Waals surface area contributed by atoms with Gasteiger partial charge in [-0.3, -0.25) is 0 Å². The van der Waals surface area contributed by atoms with Crippen molar-refractivity contribution in [3.63, 3.8) is 0 Å². The number of phenolic OH excluding ortho intramolecular Hbond substituents is 1. The third kappa shape index (κ3) is 3.09. The molecule has 0 atom stereocenters. The van der Waals surface area contributed by atoms with Gasteiger partial charge in [0.25, 0.3) is 0 Å². The molecule has 0 saturated carbocycles.